The third-order valence-electron chi connectivity index (χ3n) is 4.63. The number of rotatable bonds is 7. The summed E-state index contributed by atoms with van der Waals surface area (Å²) in [6.07, 6.45) is 6.70. The summed E-state index contributed by atoms with van der Waals surface area (Å²) in [6, 6.07) is 3.17. The molecule has 0 aromatic carbocycles. The van der Waals surface area contributed by atoms with E-state index in [2.05, 4.69) is 42.3 Å². The van der Waals surface area contributed by atoms with E-state index >= 15 is 0 Å². The number of nitrogen functional groups attached to an aromatic ring is 1. The lowest BCUT2D eigenvalue weighted by Gasteiger charge is -2.14. The number of nitrogens with one attached hydrogen (secondary N) is 1. The number of aryl methyl sites for hydroxylation is 2. The predicted molar refractivity (Wildman–Crippen MR) is 126 cm³/mol. The first-order valence-electron chi connectivity index (χ1n) is 10.2. The number of hydrogen-bond acceptors (Lipinski definition) is 8. The highest BCUT2D eigenvalue weighted by molar-refractivity contribution is 6.29. The fourth-order valence-corrected chi connectivity index (χ4v) is 3.16. The number of anilines is 2. The lowest BCUT2D eigenvalue weighted by atomic mass is 10.2. The maximum absolute atomic E-state index is 14.7. The van der Waals surface area contributed by atoms with Gasteiger partial charge in [0.05, 0.1) is 29.2 Å². The molecule has 3 N–H and O–H groups in total. The first-order valence-corrected chi connectivity index (χ1v) is 10.5. The van der Waals surface area contributed by atoms with Crippen LogP contribution in [0, 0.1) is 11.8 Å². The number of ether oxygens (including phenoxy) is 1. The SMILES string of the molecule is Cn1cc(C#Cc2cnc(Cl)cc2NC[C@H](F)COc2c(-c3nccc(N)n3)cnn2C)cn1. The van der Waals surface area contributed by atoms with Crippen LogP contribution in [0.15, 0.2) is 43.1 Å². The largest absolute Gasteiger partial charge is 0.474 e. The number of pyridine rings is 1. The van der Waals surface area contributed by atoms with E-state index in [-0.39, 0.29) is 18.3 Å². The fraction of sp³-hybridized carbons (Fsp3) is 0.227. The minimum absolute atomic E-state index is 0.0378. The Morgan fingerprint density at radius 1 is 1.21 bits per heavy atom. The van der Waals surface area contributed by atoms with E-state index in [1.165, 1.54) is 17.1 Å². The molecule has 0 amide bonds. The smallest absolute Gasteiger partial charge is 0.222 e. The Morgan fingerprint density at radius 2 is 2.06 bits per heavy atom. The fourth-order valence-electron chi connectivity index (χ4n) is 3.00. The number of nitrogens with two attached hydrogens (primary N) is 1. The molecule has 0 spiro atoms. The van der Waals surface area contributed by atoms with Crippen molar-refractivity contribution in [3.05, 3.63) is 59.4 Å². The summed E-state index contributed by atoms with van der Waals surface area (Å²) >= 11 is 6.02. The number of nitrogens with zero attached hydrogens (tertiary/aromatic N) is 7. The zero-order chi connectivity index (χ0) is 24.1. The van der Waals surface area contributed by atoms with Gasteiger partial charge in [-0.2, -0.15) is 10.2 Å². The Morgan fingerprint density at radius 3 is 2.82 bits per heavy atom. The van der Waals surface area contributed by atoms with E-state index in [0.717, 1.165) is 5.56 Å². The quantitative estimate of drug-likeness (QED) is 0.305. The van der Waals surface area contributed by atoms with Crippen LogP contribution >= 0.6 is 11.6 Å². The van der Waals surface area contributed by atoms with Gasteiger partial charge in [-0.1, -0.05) is 23.4 Å². The van der Waals surface area contributed by atoms with Crippen LogP contribution < -0.4 is 15.8 Å². The van der Waals surface area contributed by atoms with Gasteiger partial charge < -0.3 is 15.8 Å². The zero-order valence-electron chi connectivity index (χ0n) is 18.4. The molecule has 34 heavy (non-hydrogen) atoms. The van der Waals surface area contributed by atoms with Gasteiger partial charge in [-0.25, -0.2) is 24.0 Å². The minimum atomic E-state index is -1.35. The molecule has 0 fully saturated rings. The van der Waals surface area contributed by atoms with Crippen LogP contribution in [-0.4, -0.2) is 53.8 Å². The van der Waals surface area contributed by atoms with Crippen molar-refractivity contribution in [2.24, 2.45) is 14.1 Å². The van der Waals surface area contributed by atoms with Crippen molar-refractivity contribution >= 4 is 23.1 Å². The average molecular weight is 482 g/mol. The first kappa shape index (κ1) is 23.0. The molecule has 4 aromatic heterocycles. The first-order chi connectivity index (χ1) is 16.4. The second-order valence-corrected chi connectivity index (χ2v) is 7.67. The molecule has 4 heterocycles. The van der Waals surface area contributed by atoms with Gasteiger partial charge in [-0.05, 0) is 12.1 Å². The van der Waals surface area contributed by atoms with Crippen LogP contribution in [0.25, 0.3) is 11.4 Å². The summed E-state index contributed by atoms with van der Waals surface area (Å²) < 4.78 is 23.6. The van der Waals surface area contributed by atoms with Gasteiger partial charge in [0.1, 0.15) is 23.1 Å². The van der Waals surface area contributed by atoms with Crippen molar-refractivity contribution in [1.82, 2.24) is 34.5 Å². The van der Waals surface area contributed by atoms with E-state index < -0.39 is 6.17 Å². The summed E-state index contributed by atoms with van der Waals surface area (Å²) in [4.78, 5) is 12.4. The van der Waals surface area contributed by atoms with Crippen LogP contribution in [0.4, 0.5) is 15.9 Å². The Balaban J connectivity index is 1.41. The molecule has 4 rings (SSSR count). The highest BCUT2D eigenvalue weighted by atomic mass is 35.5. The predicted octanol–water partition coefficient (Wildman–Crippen LogP) is 2.47. The molecular weight excluding hydrogens is 461 g/mol. The van der Waals surface area contributed by atoms with Gasteiger partial charge in [-0.3, -0.25) is 4.68 Å². The lowest BCUT2D eigenvalue weighted by Crippen LogP contribution is -2.23. The van der Waals surface area contributed by atoms with Crippen LogP contribution in [0.5, 0.6) is 5.88 Å². The zero-order valence-corrected chi connectivity index (χ0v) is 19.2. The Bertz CT molecular complexity index is 1360. The molecular formula is C22H21ClFN9O. The maximum Gasteiger partial charge on any atom is 0.222 e. The molecule has 0 saturated carbocycles. The molecule has 0 aliphatic carbocycles. The van der Waals surface area contributed by atoms with E-state index in [0.29, 0.717) is 34.3 Å². The Kier molecular flexibility index (Phi) is 6.89. The van der Waals surface area contributed by atoms with E-state index in [1.807, 2.05) is 7.05 Å². The minimum Gasteiger partial charge on any atom is -0.474 e. The third-order valence-corrected chi connectivity index (χ3v) is 4.84. The lowest BCUT2D eigenvalue weighted by molar-refractivity contribution is 0.193. The highest BCUT2D eigenvalue weighted by Crippen LogP contribution is 2.27. The normalized spacial score (nSPS) is 11.5. The highest BCUT2D eigenvalue weighted by Gasteiger charge is 2.17. The van der Waals surface area contributed by atoms with E-state index in [4.69, 9.17) is 22.1 Å². The number of alkyl halides is 1. The molecule has 0 unspecified atom stereocenters. The van der Waals surface area contributed by atoms with Crippen molar-refractivity contribution < 1.29 is 9.13 Å². The van der Waals surface area contributed by atoms with Crippen molar-refractivity contribution in [1.29, 1.82) is 0 Å². The Hall–Kier alpha value is -4.17. The van der Waals surface area contributed by atoms with Gasteiger partial charge in [0.2, 0.25) is 5.88 Å². The van der Waals surface area contributed by atoms with E-state index in [9.17, 15) is 4.39 Å². The molecule has 10 nitrogen and oxygen atoms in total. The van der Waals surface area contributed by atoms with Gasteiger partial charge >= 0.3 is 0 Å². The second kappa shape index (κ2) is 10.2. The van der Waals surface area contributed by atoms with Crippen LogP contribution in [0.2, 0.25) is 5.15 Å². The molecule has 12 heteroatoms. The molecule has 0 saturated heterocycles. The summed E-state index contributed by atoms with van der Waals surface area (Å²) in [5.41, 5.74) is 8.14. The van der Waals surface area contributed by atoms with Crippen molar-refractivity contribution in [3.63, 3.8) is 0 Å². The third kappa shape index (κ3) is 5.60. The van der Waals surface area contributed by atoms with Crippen molar-refractivity contribution in [2.45, 2.75) is 6.17 Å². The summed E-state index contributed by atoms with van der Waals surface area (Å²) in [6.45, 7) is -0.263. The van der Waals surface area contributed by atoms with Gasteiger partial charge in [0.25, 0.3) is 0 Å². The Labute approximate surface area is 200 Å². The maximum atomic E-state index is 14.7. The molecule has 0 bridgehead atoms. The molecule has 1 atom stereocenters. The topological polar surface area (TPSA) is 122 Å². The van der Waals surface area contributed by atoms with E-state index in [1.54, 1.807) is 42.5 Å². The molecule has 0 radical (unpaired) electrons. The molecule has 174 valence electrons. The van der Waals surface area contributed by atoms with Gasteiger partial charge in [-0.15, -0.1) is 0 Å². The molecule has 4 aromatic rings. The summed E-state index contributed by atoms with van der Waals surface area (Å²) in [5, 5.41) is 11.5. The summed E-state index contributed by atoms with van der Waals surface area (Å²) in [7, 11) is 3.49. The summed E-state index contributed by atoms with van der Waals surface area (Å²) in [5.74, 6) is 7.00. The van der Waals surface area contributed by atoms with Crippen LogP contribution in [-0.2, 0) is 14.1 Å². The van der Waals surface area contributed by atoms with Crippen LogP contribution in [0.3, 0.4) is 0 Å². The van der Waals surface area contributed by atoms with Crippen molar-refractivity contribution in [2.75, 3.05) is 24.2 Å². The van der Waals surface area contributed by atoms with Gasteiger partial charge in [0, 0.05) is 39.2 Å². The van der Waals surface area contributed by atoms with Crippen molar-refractivity contribution in [3.8, 4) is 29.1 Å². The monoisotopic (exact) mass is 481 g/mol. The second-order valence-electron chi connectivity index (χ2n) is 7.29. The number of hydrogen-bond donors (Lipinski definition) is 2. The standard InChI is InChI=1S/C22H21ClFN9O/c1-32-12-14(8-29-32)3-4-15-9-28-19(23)7-18(15)27-10-16(24)13-34-22-17(11-30-33(22)2)21-26-6-5-20(25)31-21/h5-9,11-12,16H,10,13H2,1-2H3,(H,27,28)(H2,25,26,31)/t16-/m0/s1. The molecule has 0 aliphatic heterocycles. The van der Waals surface area contributed by atoms with Gasteiger partial charge in [0.15, 0.2) is 12.0 Å². The number of aromatic nitrogens is 7. The number of halogens is 2. The average Bonchev–Trinajstić information content (AvgIpc) is 3.40. The molecule has 0 aliphatic rings. The van der Waals surface area contributed by atoms with Crippen LogP contribution in [0.1, 0.15) is 11.1 Å².